The maximum absolute atomic E-state index is 13.6. The van der Waals surface area contributed by atoms with Gasteiger partial charge in [-0.05, 0) is 59.0 Å². The minimum Gasteiger partial charge on any atom is -0.292 e. The molecule has 0 N–H and O–H groups in total. The Labute approximate surface area is 214 Å². The molecule has 5 rings (SSSR count). The number of aryl methyl sites for hydroxylation is 2. The summed E-state index contributed by atoms with van der Waals surface area (Å²) in [4.78, 5) is 13.6. The number of hydrogen-bond acceptors (Lipinski definition) is 4. The van der Waals surface area contributed by atoms with E-state index in [0.717, 1.165) is 58.6 Å². The van der Waals surface area contributed by atoms with E-state index in [9.17, 15) is 4.79 Å². The van der Waals surface area contributed by atoms with Crippen LogP contribution in [0.1, 0.15) is 36.6 Å². The van der Waals surface area contributed by atoms with E-state index in [2.05, 4.69) is 46.7 Å². The van der Waals surface area contributed by atoms with Gasteiger partial charge in [0.05, 0.1) is 22.9 Å². The fraction of sp³-hybridized carbons (Fsp3) is 0.214. The van der Waals surface area contributed by atoms with Crippen molar-refractivity contribution in [3.63, 3.8) is 0 Å². The second kappa shape index (κ2) is 10.3. The Bertz CT molecular complexity index is 1510. The quantitative estimate of drug-likeness (QED) is 0.278. The molecule has 0 fully saturated rings. The number of unbranched alkanes of at least 4 members (excludes halogenated alkanes) is 1. The summed E-state index contributed by atoms with van der Waals surface area (Å²) < 4.78 is 5.21. The summed E-state index contributed by atoms with van der Waals surface area (Å²) in [6, 6.07) is 22.0. The third-order valence-electron chi connectivity index (χ3n) is 6.38. The lowest BCUT2D eigenvalue weighted by Crippen LogP contribution is -2.25. The zero-order chi connectivity index (χ0) is 25.1. The molecule has 0 bridgehead atoms. The van der Waals surface area contributed by atoms with E-state index in [1.165, 1.54) is 0 Å². The predicted molar refractivity (Wildman–Crippen MR) is 142 cm³/mol. The minimum atomic E-state index is -0.0783. The van der Waals surface area contributed by atoms with Crippen LogP contribution in [0.3, 0.4) is 0 Å². The lowest BCUT2D eigenvalue weighted by molar-refractivity contribution is 0.674. The van der Waals surface area contributed by atoms with E-state index >= 15 is 0 Å². The third-order valence-corrected chi connectivity index (χ3v) is 6.69. The highest BCUT2D eigenvalue weighted by molar-refractivity contribution is 6.32. The fourth-order valence-electron chi connectivity index (χ4n) is 4.50. The summed E-state index contributed by atoms with van der Waals surface area (Å²) in [6.45, 7) is 4.62. The molecular formula is C28H27ClN6O. The molecule has 0 amide bonds. The van der Waals surface area contributed by atoms with Crippen LogP contribution in [-0.2, 0) is 13.0 Å². The van der Waals surface area contributed by atoms with E-state index in [0.29, 0.717) is 11.6 Å². The Balaban J connectivity index is 1.49. The van der Waals surface area contributed by atoms with Crippen LogP contribution in [-0.4, -0.2) is 29.3 Å². The van der Waals surface area contributed by atoms with Gasteiger partial charge in [0.15, 0.2) is 0 Å². The van der Waals surface area contributed by atoms with Gasteiger partial charge in [0.2, 0.25) is 0 Å². The summed E-state index contributed by atoms with van der Waals surface area (Å²) in [7, 11) is 0. The first-order chi connectivity index (χ1) is 17.6. The van der Waals surface area contributed by atoms with E-state index in [-0.39, 0.29) is 5.69 Å². The number of imidazole rings is 1. The monoisotopic (exact) mass is 498 g/mol. The van der Waals surface area contributed by atoms with Crippen molar-refractivity contribution in [3.05, 3.63) is 112 Å². The van der Waals surface area contributed by atoms with Crippen LogP contribution in [0.25, 0.3) is 22.5 Å². The summed E-state index contributed by atoms with van der Waals surface area (Å²) in [6.07, 6.45) is 6.43. The number of tetrazole rings is 1. The van der Waals surface area contributed by atoms with Crippen LogP contribution < -0.4 is 5.69 Å². The summed E-state index contributed by atoms with van der Waals surface area (Å²) in [5.74, 6) is 0. The normalized spacial score (nSPS) is 11.2. The molecule has 0 spiro atoms. The van der Waals surface area contributed by atoms with E-state index in [1.807, 2.05) is 60.2 Å². The van der Waals surface area contributed by atoms with Gasteiger partial charge in [-0.2, -0.15) is 4.68 Å². The van der Waals surface area contributed by atoms with Crippen molar-refractivity contribution in [2.75, 3.05) is 0 Å². The lowest BCUT2D eigenvalue weighted by Gasteiger charge is -2.11. The summed E-state index contributed by atoms with van der Waals surface area (Å²) in [5, 5.41) is 12.1. The van der Waals surface area contributed by atoms with Crippen LogP contribution in [0.4, 0.5) is 0 Å². The molecule has 5 aromatic rings. The Hall–Kier alpha value is -3.97. The SMILES string of the molecule is CCCCc1cn(-c2c(C)cccc2Cl)c(=O)n1Cc1ccc(-c2ccccc2-n2cnnn2)cc1. The van der Waals surface area contributed by atoms with Crippen LogP contribution in [0.2, 0.25) is 5.02 Å². The van der Waals surface area contributed by atoms with E-state index < -0.39 is 0 Å². The first-order valence-electron chi connectivity index (χ1n) is 12.0. The second-order valence-corrected chi connectivity index (χ2v) is 9.24. The number of nitrogens with zero attached hydrogens (tertiary/aromatic N) is 6. The molecule has 182 valence electrons. The molecule has 0 saturated heterocycles. The first kappa shape index (κ1) is 23.8. The molecule has 0 aliphatic heterocycles. The molecule has 0 radical (unpaired) electrons. The molecule has 0 aliphatic rings. The second-order valence-electron chi connectivity index (χ2n) is 8.84. The zero-order valence-corrected chi connectivity index (χ0v) is 21.1. The standard InChI is InChI=1S/C28H27ClN6O/c1-3-4-9-23-18-34(27-20(2)8-7-11-25(27)29)28(36)33(23)17-21-13-15-22(16-14-21)24-10-5-6-12-26(24)35-19-30-31-32-35/h5-8,10-16,18-19H,3-4,9,17H2,1-2H3. The summed E-state index contributed by atoms with van der Waals surface area (Å²) in [5.41, 5.74) is 6.67. The molecular weight excluding hydrogens is 472 g/mol. The number of aromatic nitrogens is 6. The van der Waals surface area contributed by atoms with Gasteiger partial charge in [0.25, 0.3) is 0 Å². The molecule has 0 aliphatic carbocycles. The van der Waals surface area contributed by atoms with E-state index in [1.54, 1.807) is 15.6 Å². The number of rotatable bonds is 8. The van der Waals surface area contributed by atoms with Crippen LogP contribution in [0.15, 0.2) is 84.0 Å². The molecule has 0 atom stereocenters. The maximum Gasteiger partial charge on any atom is 0.333 e. The maximum atomic E-state index is 13.6. The number of para-hydroxylation sites is 2. The van der Waals surface area contributed by atoms with Gasteiger partial charge >= 0.3 is 5.69 Å². The molecule has 8 heteroatoms. The van der Waals surface area contributed by atoms with Gasteiger partial charge in [-0.1, -0.05) is 79.5 Å². The fourth-order valence-corrected chi connectivity index (χ4v) is 4.82. The van der Waals surface area contributed by atoms with Crippen molar-refractivity contribution in [2.45, 2.75) is 39.7 Å². The molecule has 0 unspecified atom stereocenters. The topological polar surface area (TPSA) is 70.5 Å². The van der Waals surface area contributed by atoms with Gasteiger partial charge < -0.3 is 0 Å². The highest BCUT2D eigenvalue weighted by atomic mass is 35.5. The van der Waals surface area contributed by atoms with Gasteiger partial charge in [-0.25, -0.2) is 4.79 Å². The smallest absolute Gasteiger partial charge is 0.292 e. The third kappa shape index (κ3) is 4.62. The van der Waals surface area contributed by atoms with Crippen molar-refractivity contribution in [2.24, 2.45) is 0 Å². The lowest BCUT2D eigenvalue weighted by atomic mass is 10.0. The minimum absolute atomic E-state index is 0.0783. The first-order valence-corrected chi connectivity index (χ1v) is 12.4. The Morgan fingerprint density at radius 3 is 2.50 bits per heavy atom. The van der Waals surface area contributed by atoms with Crippen LogP contribution in [0.5, 0.6) is 0 Å². The highest BCUT2D eigenvalue weighted by Gasteiger charge is 2.16. The molecule has 0 saturated carbocycles. The average molecular weight is 499 g/mol. The Morgan fingerprint density at radius 1 is 0.972 bits per heavy atom. The molecule has 36 heavy (non-hydrogen) atoms. The number of hydrogen-bond donors (Lipinski definition) is 0. The van der Waals surface area contributed by atoms with Crippen molar-refractivity contribution in [1.82, 2.24) is 29.3 Å². The average Bonchev–Trinajstić information content (AvgIpc) is 3.53. The highest BCUT2D eigenvalue weighted by Crippen LogP contribution is 2.27. The van der Waals surface area contributed by atoms with Gasteiger partial charge in [0, 0.05) is 17.5 Å². The van der Waals surface area contributed by atoms with Crippen LogP contribution >= 0.6 is 11.6 Å². The Kier molecular flexibility index (Phi) is 6.82. The Morgan fingerprint density at radius 2 is 1.78 bits per heavy atom. The van der Waals surface area contributed by atoms with Gasteiger partial charge in [-0.3, -0.25) is 9.13 Å². The van der Waals surface area contributed by atoms with Crippen molar-refractivity contribution < 1.29 is 0 Å². The molecule has 3 aromatic carbocycles. The molecule has 2 aromatic heterocycles. The van der Waals surface area contributed by atoms with E-state index in [4.69, 9.17) is 11.6 Å². The van der Waals surface area contributed by atoms with Crippen molar-refractivity contribution in [1.29, 1.82) is 0 Å². The molecule has 7 nitrogen and oxygen atoms in total. The van der Waals surface area contributed by atoms with Gasteiger partial charge in [0.1, 0.15) is 6.33 Å². The predicted octanol–water partition coefficient (Wildman–Crippen LogP) is 5.63. The molecule has 2 heterocycles. The van der Waals surface area contributed by atoms with Crippen molar-refractivity contribution in [3.8, 4) is 22.5 Å². The number of benzene rings is 3. The number of halogens is 1. The van der Waals surface area contributed by atoms with Crippen LogP contribution in [0, 0.1) is 6.92 Å². The zero-order valence-electron chi connectivity index (χ0n) is 20.3. The largest absolute Gasteiger partial charge is 0.333 e. The van der Waals surface area contributed by atoms with Crippen molar-refractivity contribution >= 4 is 11.6 Å². The summed E-state index contributed by atoms with van der Waals surface area (Å²) >= 11 is 6.50. The van der Waals surface area contributed by atoms with Gasteiger partial charge in [-0.15, -0.1) is 5.10 Å².